The lowest BCUT2D eigenvalue weighted by Gasteiger charge is -1.95. The average molecular weight is 246 g/mol. The molecule has 1 aromatic heterocycles. The van der Waals surface area contributed by atoms with Crippen molar-refractivity contribution in [3.8, 4) is 0 Å². The van der Waals surface area contributed by atoms with Crippen molar-refractivity contribution in [2.45, 2.75) is 0 Å². The van der Waals surface area contributed by atoms with E-state index < -0.39 is 0 Å². The molecule has 3 rings (SSSR count). The largest absolute Gasteiger partial charge is 0.450 e. The van der Waals surface area contributed by atoms with Crippen LogP contribution in [0, 0.1) is 0 Å². The third-order valence-electron chi connectivity index (χ3n) is 2.61. The first kappa shape index (κ1) is 10.1. The van der Waals surface area contributed by atoms with Crippen molar-refractivity contribution in [2.75, 3.05) is 0 Å². The number of rotatable bonds is 1. The van der Waals surface area contributed by atoms with Gasteiger partial charge in [-0.2, -0.15) is 0 Å². The highest BCUT2D eigenvalue weighted by molar-refractivity contribution is 7.25. The summed E-state index contributed by atoms with van der Waals surface area (Å²) in [4.78, 5) is 0. The van der Waals surface area contributed by atoms with Crippen LogP contribution in [-0.2, 0) is 0 Å². The van der Waals surface area contributed by atoms with E-state index in [1.165, 1.54) is 20.2 Å². The number of halogens is 1. The van der Waals surface area contributed by atoms with Crippen LogP contribution in [0.25, 0.3) is 20.2 Å². The summed E-state index contributed by atoms with van der Waals surface area (Å²) in [5.74, 6) is 0. The number of hydrogen-bond acceptors (Lipinski definition) is 2. The van der Waals surface area contributed by atoms with Crippen LogP contribution in [0.4, 0.5) is 0 Å². The Hall–Kier alpha value is -1.03. The van der Waals surface area contributed by atoms with Gasteiger partial charge >= 0.3 is 7.48 Å². The van der Waals surface area contributed by atoms with E-state index in [0.29, 0.717) is 0 Å². The first-order chi connectivity index (χ1) is 7.78. The van der Waals surface area contributed by atoms with Crippen molar-refractivity contribution >= 4 is 56.1 Å². The lowest BCUT2D eigenvalue weighted by molar-refractivity contribution is 0.615. The standard InChI is InChI=1S/C12H7BClOS/c14-8-2-4-11-10(6-8)9-3-1-7(13-15)5-12(9)16-11/h1-6,15H. The summed E-state index contributed by atoms with van der Waals surface area (Å²) in [7, 11) is 1.12. The Morgan fingerprint density at radius 1 is 1.00 bits per heavy atom. The molecule has 3 aromatic rings. The molecule has 1 heterocycles. The molecular formula is C12H7BClOS. The lowest BCUT2D eigenvalue weighted by Crippen LogP contribution is -2.11. The van der Waals surface area contributed by atoms with Gasteiger partial charge in [-0.05, 0) is 24.3 Å². The maximum absolute atomic E-state index is 8.97. The molecule has 0 saturated carbocycles. The fourth-order valence-corrected chi connectivity index (χ4v) is 3.15. The third-order valence-corrected chi connectivity index (χ3v) is 3.98. The summed E-state index contributed by atoms with van der Waals surface area (Å²) < 4.78 is 2.38. The molecule has 0 saturated heterocycles. The average Bonchev–Trinajstić information content (AvgIpc) is 2.66. The molecule has 0 atom stereocenters. The van der Waals surface area contributed by atoms with E-state index in [4.69, 9.17) is 16.6 Å². The minimum absolute atomic E-state index is 0.755. The predicted molar refractivity (Wildman–Crippen MR) is 71.9 cm³/mol. The Bertz CT molecular complexity index is 677. The Morgan fingerprint density at radius 2 is 1.88 bits per heavy atom. The van der Waals surface area contributed by atoms with Crippen molar-refractivity contribution in [3.05, 3.63) is 41.4 Å². The van der Waals surface area contributed by atoms with Gasteiger partial charge in [0.2, 0.25) is 0 Å². The molecule has 1 N–H and O–H groups in total. The van der Waals surface area contributed by atoms with Gasteiger partial charge in [0.15, 0.2) is 0 Å². The van der Waals surface area contributed by atoms with Gasteiger partial charge in [-0.1, -0.05) is 29.2 Å². The van der Waals surface area contributed by atoms with Crippen molar-refractivity contribution in [1.82, 2.24) is 0 Å². The molecule has 77 valence electrons. The maximum Gasteiger partial charge on any atom is 0.326 e. The fraction of sp³-hybridized carbons (Fsp3) is 0. The monoisotopic (exact) mass is 245 g/mol. The first-order valence-corrected chi connectivity index (χ1v) is 6.06. The van der Waals surface area contributed by atoms with E-state index in [9.17, 15) is 0 Å². The summed E-state index contributed by atoms with van der Waals surface area (Å²) in [6.45, 7) is 0. The van der Waals surface area contributed by atoms with Gasteiger partial charge in [0, 0.05) is 25.2 Å². The van der Waals surface area contributed by atoms with E-state index >= 15 is 0 Å². The van der Waals surface area contributed by atoms with E-state index in [2.05, 4.69) is 0 Å². The van der Waals surface area contributed by atoms with Gasteiger partial charge in [0.1, 0.15) is 0 Å². The van der Waals surface area contributed by atoms with Crippen LogP contribution in [0.2, 0.25) is 5.02 Å². The van der Waals surface area contributed by atoms with E-state index in [-0.39, 0.29) is 0 Å². The highest BCUT2D eigenvalue weighted by atomic mass is 35.5. The van der Waals surface area contributed by atoms with Crippen molar-refractivity contribution in [2.24, 2.45) is 0 Å². The normalized spacial score (nSPS) is 11.1. The van der Waals surface area contributed by atoms with Crippen LogP contribution in [0.15, 0.2) is 36.4 Å². The Morgan fingerprint density at radius 3 is 2.69 bits per heavy atom. The molecule has 1 nitrogen and oxygen atoms in total. The van der Waals surface area contributed by atoms with E-state index in [1.54, 1.807) is 11.3 Å². The summed E-state index contributed by atoms with van der Waals surface area (Å²) in [6, 6.07) is 11.8. The maximum atomic E-state index is 8.97. The summed E-state index contributed by atoms with van der Waals surface area (Å²) in [5.41, 5.74) is 0.824. The predicted octanol–water partition coefficient (Wildman–Crippen LogP) is 2.94. The molecule has 0 aliphatic rings. The summed E-state index contributed by atoms with van der Waals surface area (Å²) in [6.07, 6.45) is 0. The molecule has 0 unspecified atom stereocenters. The zero-order valence-electron chi connectivity index (χ0n) is 8.27. The highest BCUT2D eigenvalue weighted by Gasteiger charge is 2.06. The van der Waals surface area contributed by atoms with Gasteiger partial charge in [-0.15, -0.1) is 11.3 Å². The molecule has 1 radical (unpaired) electrons. The summed E-state index contributed by atoms with van der Waals surface area (Å²) >= 11 is 7.70. The second-order valence-electron chi connectivity index (χ2n) is 3.63. The van der Waals surface area contributed by atoms with Crippen LogP contribution in [0.3, 0.4) is 0 Å². The lowest BCUT2D eigenvalue weighted by atomic mass is 9.88. The van der Waals surface area contributed by atoms with Gasteiger partial charge < -0.3 is 5.02 Å². The number of thiophene rings is 1. The van der Waals surface area contributed by atoms with Gasteiger partial charge in [-0.25, -0.2) is 0 Å². The minimum atomic E-state index is 0.755. The van der Waals surface area contributed by atoms with Gasteiger partial charge in [-0.3, -0.25) is 0 Å². The van der Waals surface area contributed by atoms with Crippen LogP contribution in [0.5, 0.6) is 0 Å². The number of fused-ring (bicyclic) bond motifs is 3. The Labute approximate surface area is 103 Å². The Kier molecular flexibility index (Phi) is 2.39. The molecule has 0 amide bonds. The summed E-state index contributed by atoms with van der Waals surface area (Å²) in [5, 5.41) is 12.1. The molecule has 0 aliphatic carbocycles. The van der Waals surface area contributed by atoms with Crippen molar-refractivity contribution < 1.29 is 5.02 Å². The third kappa shape index (κ3) is 1.52. The fourth-order valence-electron chi connectivity index (χ4n) is 1.85. The quantitative estimate of drug-likeness (QED) is 0.654. The molecule has 0 aliphatic heterocycles. The van der Waals surface area contributed by atoms with Crippen LogP contribution in [0.1, 0.15) is 0 Å². The van der Waals surface area contributed by atoms with Crippen LogP contribution in [-0.4, -0.2) is 12.5 Å². The van der Waals surface area contributed by atoms with Gasteiger partial charge in [0.25, 0.3) is 0 Å². The van der Waals surface area contributed by atoms with Crippen molar-refractivity contribution in [1.29, 1.82) is 0 Å². The number of hydrogen-bond donors (Lipinski definition) is 1. The first-order valence-electron chi connectivity index (χ1n) is 4.87. The van der Waals surface area contributed by atoms with Crippen LogP contribution >= 0.6 is 22.9 Å². The second-order valence-corrected chi connectivity index (χ2v) is 5.15. The van der Waals surface area contributed by atoms with Crippen molar-refractivity contribution in [3.63, 3.8) is 0 Å². The zero-order chi connectivity index (χ0) is 11.1. The van der Waals surface area contributed by atoms with E-state index in [0.717, 1.165) is 18.0 Å². The number of benzene rings is 2. The smallest absolute Gasteiger partial charge is 0.326 e. The molecule has 0 bridgehead atoms. The molecule has 16 heavy (non-hydrogen) atoms. The molecule has 0 spiro atoms. The van der Waals surface area contributed by atoms with Gasteiger partial charge in [0.05, 0.1) is 0 Å². The topological polar surface area (TPSA) is 20.2 Å². The molecule has 0 fully saturated rings. The Balaban J connectivity index is 2.41. The highest BCUT2D eigenvalue weighted by Crippen LogP contribution is 2.34. The molecular weight excluding hydrogens is 238 g/mol. The zero-order valence-corrected chi connectivity index (χ0v) is 9.85. The molecule has 4 heteroatoms. The SMILES string of the molecule is O[B]c1ccc2c(c1)sc1ccc(Cl)cc12. The van der Waals surface area contributed by atoms with E-state index in [1.807, 2.05) is 36.4 Å². The van der Waals surface area contributed by atoms with Crippen LogP contribution < -0.4 is 5.46 Å². The molecule has 2 aromatic carbocycles. The second kappa shape index (κ2) is 3.77. The minimum Gasteiger partial charge on any atom is -0.450 e.